The van der Waals surface area contributed by atoms with Gasteiger partial charge in [-0.15, -0.1) is 0 Å². The monoisotopic (exact) mass is 440 g/mol. The number of carboxylic acids is 2. The van der Waals surface area contributed by atoms with Crippen molar-refractivity contribution in [2.24, 2.45) is 11.7 Å². The van der Waals surface area contributed by atoms with Gasteiger partial charge in [-0.05, 0) is 12.8 Å². The molecule has 4 atom stereocenters. The lowest BCUT2D eigenvalue weighted by molar-refractivity contribution is -0.143. The van der Waals surface area contributed by atoms with E-state index in [4.69, 9.17) is 15.9 Å². The molecule has 0 aromatic carbocycles. The molecule has 0 bridgehead atoms. The van der Waals surface area contributed by atoms with E-state index < -0.39 is 66.2 Å². The molecule has 31 heavy (non-hydrogen) atoms. The zero-order valence-electron chi connectivity index (χ0n) is 17.4. The van der Waals surface area contributed by atoms with Crippen molar-refractivity contribution >= 4 is 29.7 Å². The number of nitrogens with two attached hydrogens (primary N) is 1. The molecule has 0 radical (unpaired) electrons. The van der Waals surface area contributed by atoms with Crippen LogP contribution in [0.4, 0.5) is 0 Å². The number of amides is 3. The normalized spacial score (nSPS) is 14.7. The first-order chi connectivity index (χ1) is 14.4. The Bertz CT molecular complexity index is 795. The van der Waals surface area contributed by atoms with E-state index in [9.17, 15) is 24.0 Å². The molecule has 3 amide bonds. The summed E-state index contributed by atoms with van der Waals surface area (Å²) in [4.78, 5) is 66.0. The minimum absolute atomic E-state index is 0.148. The highest BCUT2D eigenvalue weighted by molar-refractivity contribution is 5.95. The summed E-state index contributed by atoms with van der Waals surface area (Å²) in [6.07, 6.45) is 2.31. The van der Waals surface area contributed by atoms with E-state index in [-0.39, 0.29) is 6.42 Å². The van der Waals surface area contributed by atoms with Crippen molar-refractivity contribution in [2.45, 2.75) is 57.8 Å². The first-order valence-electron chi connectivity index (χ1n) is 9.50. The largest absolute Gasteiger partial charge is 0.481 e. The highest BCUT2D eigenvalue weighted by Crippen LogP contribution is 2.06. The summed E-state index contributed by atoms with van der Waals surface area (Å²) in [5.41, 5.74) is 6.49. The van der Waals surface area contributed by atoms with E-state index in [1.165, 1.54) is 19.4 Å². The molecule has 0 aliphatic carbocycles. The summed E-state index contributed by atoms with van der Waals surface area (Å²) in [5, 5.41) is 24.8. The van der Waals surface area contributed by atoms with Gasteiger partial charge in [0.1, 0.15) is 18.1 Å². The minimum atomic E-state index is -1.54. The Morgan fingerprint density at radius 1 is 1.03 bits per heavy atom. The van der Waals surface area contributed by atoms with Crippen molar-refractivity contribution in [3.05, 3.63) is 18.2 Å². The Morgan fingerprint density at radius 3 is 2.16 bits per heavy atom. The van der Waals surface area contributed by atoms with E-state index in [2.05, 4.69) is 25.9 Å². The number of H-pyrrole nitrogens is 1. The molecule has 0 aliphatic heterocycles. The summed E-state index contributed by atoms with van der Waals surface area (Å²) in [7, 11) is 0. The van der Waals surface area contributed by atoms with E-state index >= 15 is 0 Å². The van der Waals surface area contributed by atoms with Crippen LogP contribution < -0.4 is 21.7 Å². The van der Waals surface area contributed by atoms with Gasteiger partial charge in [0.05, 0.1) is 18.8 Å². The van der Waals surface area contributed by atoms with E-state index in [0.29, 0.717) is 5.69 Å². The average Bonchev–Trinajstić information content (AvgIpc) is 3.17. The molecule has 0 saturated heterocycles. The number of aromatic nitrogens is 2. The van der Waals surface area contributed by atoms with Crippen LogP contribution in [0.25, 0.3) is 0 Å². The number of carboxylic acid groups (broad SMARTS) is 2. The molecule has 1 aromatic heterocycles. The number of nitrogens with one attached hydrogen (secondary N) is 4. The zero-order chi connectivity index (χ0) is 23.7. The van der Waals surface area contributed by atoms with Crippen molar-refractivity contribution in [1.29, 1.82) is 0 Å². The summed E-state index contributed by atoms with van der Waals surface area (Å²) in [6.45, 7) is 4.48. The number of aliphatic carboxylic acids is 2. The Morgan fingerprint density at radius 2 is 1.68 bits per heavy atom. The predicted octanol–water partition coefficient (Wildman–Crippen LogP) is -2.03. The summed E-state index contributed by atoms with van der Waals surface area (Å²) >= 11 is 0. The molecule has 13 heteroatoms. The number of rotatable bonds is 12. The minimum Gasteiger partial charge on any atom is -0.481 e. The summed E-state index contributed by atoms with van der Waals surface area (Å²) in [6, 6.07) is -4.92. The smallest absolute Gasteiger partial charge is 0.325 e. The number of imidazole rings is 1. The van der Waals surface area contributed by atoms with Gasteiger partial charge in [0.2, 0.25) is 17.7 Å². The first-order valence-corrected chi connectivity index (χ1v) is 9.50. The number of nitrogens with zero attached hydrogens (tertiary/aromatic N) is 1. The molecule has 13 nitrogen and oxygen atoms in total. The number of aromatic amines is 1. The molecule has 0 spiro atoms. The van der Waals surface area contributed by atoms with Crippen LogP contribution in [0, 0.1) is 5.92 Å². The summed E-state index contributed by atoms with van der Waals surface area (Å²) in [5.74, 6) is -5.53. The molecule has 4 unspecified atom stereocenters. The quantitative estimate of drug-likeness (QED) is 0.190. The van der Waals surface area contributed by atoms with Gasteiger partial charge < -0.3 is 36.9 Å². The van der Waals surface area contributed by atoms with Gasteiger partial charge in [0.25, 0.3) is 0 Å². The standard InChI is InChI=1S/C18H28N6O7/c1-8(2)14(24-15(27)11(19)4-10-6-20-7-21-10)17(29)23-12(5-13(25)26)16(28)22-9(3)18(30)31/h6-9,11-12,14H,4-5,19H2,1-3H3,(H,20,21)(H,22,28)(H,23,29)(H,24,27)(H,25,26)(H,30,31). The first kappa shape index (κ1) is 25.6. The topological polar surface area (TPSA) is 217 Å². The molecular weight excluding hydrogens is 412 g/mol. The highest BCUT2D eigenvalue weighted by atomic mass is 16.4. The number of carbonyl (C=O) groups excluding carboxylic acids is 3. The van der Waals surface area contributed by atoms with Crippen LogP contribution in [-0.4, -0.2) is 74.0 Å². The second-order valence-electron chi connectivity index (χ2n) is 7.35. The van der Waals surface area contributed by atoms with E-state index in [1.54, 1.807) is 13.8 Å². The molecule has 0 fully saturated rings. The van der Waals surface area contributed by atoms with E-state index in [1.807, 2.05) is 0 Å². The molecule has 172 valence electrons. The zero-order valence-corrected chi connectivity index (χ0v) is 17.4. The van der Waals surface area contributed by atoms with Gasteiger partial charge >= 0.3 is 11.9 Å². The number of hydrogen-bond donors (Lipinski definition) is 7. The lowest BCUT2D eigenvalue weighted by atomic mass is 10.0. The van der Waals surface area contributed by atoms with Crippen molar-refractivity contribution in [1.82, 2.24) is 25.9 Å². The van der Waals surface area contributed by atoms with Gasteiger partial charge in [0, 0.05) is 18.3 Å². The fourth-order valence-electron chi connectivity index (χ4n) is 2.54. The Hall–Kier alpha value is -3.48. The maximum atomic E-state index is 12.7. The van der Waals surface area contributed by atoms with Gasteiger partial charge in [-0.25, -0.2) is 4.98 Å². The fraction of sp³-hybridized carbons (Fsp3) is 0.556. The van der Waals surface area contributed by atoms with Gasteiger partial charge in [-0.3, -0.25) is 24.0 Å². The van der Waals surface area contributed by atoms with Crippen LogP contribution in [0.2, 0.25) is 0 Å². The van der Waals surface area contributed by atoms with Crippen LogP contribution >= 0.6 is 0 Å². The van der Waals surface area contributed by atoms with Gasteiger partial charge in [-0.2, -0.15) is 0 Å². The predicted molar refractivity (Wildman–Crippen MR) is 106 cm³/mol. The third kappa shape index (κ3) is 8.42. The lowest BCUT2D eigenvalue weighted by Crippen LogP contribution is -2.58. The van der Waals surface area contributed by atoms with Crippen molar-refractivity contribution in [3.8, 4) is 0 Å². The van der Waals surface area contributed by atoms with Crippen LogP contribution in [0.3, 0.4) is 0 Å². The second kappa shape index (κ2) is 11.6. The maximum Gasteiger partial charge on any atom is 0.325 e. The SMILES string of the molecule is CC(NC(=O)C(CC(=O)O)NC(=O)C(NC(=O)C(N)Cc1cnc[nH]1)C(C)C)C(=O)O. The lowest BCUT2D eigenvalue weighted by Gasteiger charge is -2.26. The molecule has 1 heterocycles. The van der Waals surface area contributed by atoms with Crippen molar-refractivity contribution in [2.75, 3.05) is 0 Å². The second-order valence-corrected chi connectivity index (χ2v) is 7.35. The third-order valence-electron chi connectivity index (χ3n) is 4.32. The Balaban J connectivity index is 2.85. The molecule has 8 N–H and O–H groups in total. The molecule has 0 aliphatic rings. The number of carbonyl (C=O) groups is 5. The fourth-order valence-corrected chi connectivity index (χ4v) is 2.54. The highest BCUT2D eigenvalue weighted by Gasteiger charge is 2.32. The maximum absolute atomic E-state index is 12.7. The Kier molecular flexibility index (Phi) is 9.60. The van der Waals surface area contributed by atoms with Crippen LogP contribution in [-0.2, 0) is 30.4 Å². The molecular formula is C18H28N6O7. The van der Waals surface area contributed by atoms with Crippen LogP contribution in [0.5, 0.6) is 0 Å². The van der Waals surface area contributed by atoms with Crippen molar-refractivity contribution < 1.29 is 34.2 Å². The third-order valence-corrected chi connectivity index (χ3v) is 4.32. The van der Waals surface area contributed by atoms with Crippen LogP contribution in [0.15, 0.2) is 12.5 Å². The van der Waals surface area contributed by atoms with Crippen LogP contribution in [0.1, 0.15) is 32.9 Å². The van der Waals surface area contributed by atoms with Gasteiger partial charge in [-0.1, -0.05) is 13.8 Å². The molecule has 1 aromatic rings. The Labute approximate surface area is 178 Å². The van der Waals surface area contributed by atoms with E-state index in [0.717, 1.165) is 0 Å². The number of hydrogen-bond acceptors (Lipinski definition) is 7. The summed E-state index contributed by atoms with van der Waals surface area (Å²) < 4.78 is 0. The molecule has 1 rings (SSSR count). The van der Waals surface area contributed by atoms with Crippen molar-refractivity contribution in [3.63, 3.8) is 0 Å². The average molecular weight is 440 g/mol. The van der Waals surface area contributed by atoms with Gasteiger partial charge in [0.15, 0.2) is 0 Å². The molecule has 0 saturated carbocycles.